The fraction of sp³-hybridized carbons (Fsp3) is 0.333. The van der Waals surface area contributed by atoms with Crippen molar-refractivity contribution in [1.82, 2.24) is 9.55 Å². The van der Waals surface area contributed by atoms with Crippen molar-refractivity contribution in [3.63, 3.8) is 0 Å². The van der Waals surface area contributed by atoms with Gasteiger partial charge in [0.05, 0.1) is 0 Å². The summed E-state index contributed by atoms with van der Waals surface area (Å²) in [5.74, 6) is 0.399. The van der Waals surface area contributed by atoms with Gasteiger partial charge in [0.25, 0.3) is 5.56 Å². The van der Waals surface area contributed by atoms with Crippen molar-refractivity contribution in [2.45, 2.75) is 25.8 Å². The minimum Gasteiger partial charge on any atom is -0.342 e. The Hall–Kier alpha value is -2.34. The molecule has 1 aromatic carbocycles. The number of nitrogens with zero attached hydrogens (tertiary/aromatic N) is 1. The van der Waals surface area contributed by atoms with E-state index in [9.17, 15) is 9.59 Å². The zero-order valence-electron chi connectivity index (χ0n) is 11.7. The van der Waals surface area contributed by atoms with Crippen LogP contribution in [-0.2, 0) is 19.4 Å². The number of rotatable bonds is 4. The molecule has 0 aliphatic heterocycles. The topological polar surface area (TPSA) is 92.9 Å². The lowest BCUT2D eigenvalue weighted by molar-refractivity contribution is 0.639. The van der Waals surface area contributed by atoms with Gasteiger partial charge in [-0.05, 0) is 42.5 Å². The van der Waals surface area contributed by atoms with Crippen LogP contribution in [0.5, 0.6) is 0 Å². The molecule has 1 aromatic heterocycles. The van der Waals surface area contributed by atoms with Crippen LogP contribution in [-0.4, -0.2) is 16.1 Å². The minimum atomic E-state index is -0.448. The lowest BCUT2D eigenvalue weighted by atomic mass is 10.1. The number of hydrogen-bond acceptors (Lipinski definition) is 4. The molecule has 6 nitrogen and oxygen atoms in total. The second-order valence-electron chi connectivity index (χ2n) is 5.23. The van der Waals surface area contributed by atoms with Crippen LogP contribution in [0.1, 0.15) is 17.5 Å². The Kier molecular flexibility index (Phi) is 3.62. The minimum absolute atomic E-state index is 0.216. The Morgan fingerprint density at radius 2 is 2.00 bits per heavy atom. The van der Waals surface area contributed by atoms with Crippen LogP contribution in [0.4, 0.5) is 11.5 Å². The predicted molar refractivity (Wildman–Crippen MR) is 82.1 cm³/mol. The van der Waals surface area contributed by atoms with Crippen molar-refractivity contribution < 1.29 is 0 Å². The van der Waals surface area contributed by atoms with Crippen molar-refractivity contribution in [2.24, 2.45) is 5.73 Å². The predicted octanol–water partition coefficient (Wildman–Crippen LogP) is 0.728. The van der Waals surface area contributed by atoms with E-state index >= 15 is 0 Å². The van der Waals surface area contributed by atoms with Crippen molar-refractivity contribution in [3.05, 3.63) is 56.2 Å². The number of H-pyrrole nitrogens is 1. The van der Waals surface area contributed by atoms with Gasteiger partial charge in [-0.15, -0.1) is 0 Å². The number of fused-ring (bicyclic) bond motifs is 1. The Morgan fingerprint density at radius 1 is 1.19 bits per heavy atom. The Balaban J connectivity index is 1.88. The Bertz CT molecular complexity index is 745. The maximum Gasteiger partial charge on any atom is 0.329 e. The van der Waals surface area contributed by atoms with Gasteiger partial charge in [-0.3, -0.25) is 14.3 Å². The monoisotopic (exact) mass is 286 g/mol. The second kappa shape index (κ2) is 5.57. The van der Waals surface area contributed by atoms with E-state index in [0.717, 1.165) is 23.1 Å². The molecule has 0 radical (unpaired) electrons. The molecule has 1 aliphatic carbocycles. The number of nitrogens with two attached hydrogens (primary N) is 1. The van der Waals surface area contributed by atoms with Gasteiger partial charge < -0.3 is 11.1 Å². The number of aromatic nitrogens is 2. The summed E-state index contributed by atoms with van der Waals surface area (Å²) in [6.45, 7) is 0.466. The van der Waals surface area contributed by atoms with Crippen molar-refractivity contribution in [1.29, 1.82) is 0 Å². The van der Waals surface area contributed by atoms with E-state index in [4.69, 9.17) is 5.73 Å². The average molecular weight is 286 g/mol. The van der Waals surface area contributed by atoms with Gasteiger partial charge in [0.2, 0.25) is 0 Å². The average Bonchev–Trinajstić information content (AvgIpc) is 2.90. The molecule has 0 saturated heterocycles. The third-order valence-corrected chi connectivity index (χ3v) is 3.75. The number of aryl methyl sites for hydroxylation is 2. The highest BCUT2D eigenvalue weighted by molar-refractivity contribution is 5.58. The molecule has 2 aromatic rings. The molecule has 0 amide bonds. The highest BCUT2D eigenvalue weighted by Gasteiger charge is 2.11. The normalized spacial score (nSPS) is 13.2. The number of anilines is 2. The van der Waals surface area contributed by atoms with E-state index in [0.29, 0.717) is 5.82 Å². The number of nitrogens with one attached hydrogen (secondary N) is 2. The summed E-state index contributed by atoms with van der Waals surface area (Å²) < 4.78 is 1.09. The number of aromatic amines is 1. The molecule has 6 heteroatoms. The quantitative estimate of drug-likeness (QED) is 0.772. The molecule has 0 saturated carbocycles. The highest BCUT2D eigenvalue weighted by Crippen LogP contribution is 2.25. The molecule has 1 aliphatic rings. The SMILES string of the molecule is NCCn1c(=O)cc(Nc2ccc3c(c2)CCC3)[nH]c1=O. The molecular formula is C15H18N4O2. The summed E-state index contributed by atoms with van der Waals surface area (Å²) in [5, 5.41) is 3.08. The third kappa shape index (κ3) is 2.75. The van der Waals surface area contributed by atoms with Crippen LogP contribution in [0.25, 0.3) is 0 Å². The zero-order valence-corrected chi connectivity index (χ0v) is 11.7. The lowest BCUT2D eigenvalue weighted by Crippen LogP contribution is -2.36. The Morgan fingerprint density at radius 3 is 2.76 bits per heavy atom. The molecule has 4 N–H and O–H groups in total. The van der Waals surface area contributed by atoms with E-state index in [-0.39, 0.29) is 18.6 Å². The van der Waals surface area contributed by atoms with E-state index in [1.165, 1.54) is 23.6 Å². The first-order valence-electron chi connectivity index (χ1n) is 7.10. The maximum atomic E-state index is 11.9. The van der Waals surface area contributed by atoms with Crippen LogP contribution >= 0.6 is 0 Å². The third-order valence-electron chi connectivity index (χ3n) is 3.75. The maximum absolute atomic E-state index is 11.9. The summed E-state index contributed by atoms with van der Waals surface area (Å²) >= 11 is 0. The number of benzene rings is 1. The summed E-state index contributed by atoms with van der Waals surface area (Å²) in [4.78, 5) is 26.4. The van der Waals surface area contributed by atoms with E-state index in [1.807, 2.05) is 6.07 Å². The van der Waals surface area contributed by atoms with Crippen LogP contribution in [0.15, 0.2) is 33.9 Å². The number of hydrogen-bond donors (Lipinski definition) is 3. The first kappa shape index (κ1) is 13.6. The van der Waals surface area contributed by atoms with Crippen LogP contribution in [0.3, 0.4) is 0 Å². The molecule has 0 spiro atoms. The summed E-state index contributed by atoms with van der Waals surface area (Å²) in [6.07, 6.45) is 3.39. The van der Waals surface area contributed by atoms with Crippen molar-refractivity contribution in [3.8, 4) is 0 Å². The van der Waals surface area contributed by atoms with E-state index in [2.05, 4.69) is 22.4 Å². The Labute approximate surface area is 121 Å². The standard InChI is InChI=1S/C15H18N4O2/c16-6-7-19-14(20)9-13(18-15(19)21)17-12-5-4-10-2-1-3-11(10)8-12/h4-5,8-9,17H,1-3,6-7,16H2,(H,18,21). The van der Waals surface area contributed by atoms with Gasteiger partial charge in [-0.2, -0.15) is 0 Å². The molecule has 110 valence electrons. The van der Waals surface area contributed by atoms with Crippen LogP contribution in [0.2, 0.25) is 0 Å². The molecule has 0 fully saturated rings. The van der Waals surface area contributed by atoms with E-state index < -0.39 is 5.69 Å². The molecule has 21 heavy (non-hydrogen) atoms. The van der Waals surface area contributed by atoms with Crippen molar-refractivity contribution >= 4 is 11.5 Å². The fourth-order valence-corrected chi connectivity index (χ4v) is 2.73. The lowest BCUT2D eigenvalue weighted by Gasteiger charge is -2.09. The molecule has 3 rings (SSSR count). The molecule has 0 bridgehead atoms. The van der Waals surface area contributed by atoms with Crippen molar-refractivity contribution in [2.75, 3.05) is 11.9 Å². The second-order valence-corrected chi connectivity index (χ2v) is 5.23. The smallest absolute Gasteiger partial charge is 0.329 e. The largest absolute Gasteiger partial charge is 0.342 e. The van der Waals surface area contributed by atoms with Gasteiger partial charge in [0.15, 0.2) is 0 Å². The summed E-state index contributed by atoms with van der Waals surface area (Å²) in [6, 6.07) is 7.52. The van der Waals surface area contributed by atoms with Gasteiger partial charge in [0, 0.05) is 24.8 Å². The van der Waals surface area contributed by atoms with Gasteiger partial charge in [-0.25, -0.2) is 4.79 Å². The van der Waals surface area contributed by atoms with Crippen LogP contribution < -0.4 is 22.3 Å². The molecule has 1 heterocycles. The first-order chi connectivity index (χ1) is 10.2. The van der Waals surface area contributed by atoms with Gasteiger partial charge in [-0.1, -0.05) is 6.07 Å². The molecule has 0 atom stereocenters. The highest BCUT2D eigenvalue weighted by atomic mass is 16.2. The fourth-order valence-electron chi connectivity index (χ4n) is 2.73. The molecule has 0 unspecified atom stereocenters. The van der Waals surface area contributed by atoms with Gasteiger partial charge >= 0.3 is 5.69 Å². The summed E-state index contributed by atoms with van der Waals surface area (Å²) in [7, 11) is 0. The summed E-state index contributed by atoms with van der Waals surface area (Å²) in [5.41, 5.74) is 8.17. The van der Waals surface area contributed by atoms with Crippen LogP contribution in [0, 0.1) is 0 Å². The zero-order chi connectivity index (χ0) is 14.8. The molecular weight excluding hydrogens is 268 g/mol. The van der Waals surface area contributed by atoms with Gasteiger partial charge in [0.1, 0.15) is 5.82 Å². The first-order valence-corrected chi connectivity index (χ1v) is 7.10. The van der Waals surface area contributed by atoms with E-state index in [1.54, 1.807) is 0 Å².